The highest BCUT2D eigenvalue weighted by atomic mass is 16.5. The third-order valence-electron chi connectivity index (χ3n) is 3.58. The molecule has 3 rings (SSSR count). The number of nitrogens with one attached hydrogen (secondary N) is 1. The Bertz CT molecular complexity index is 796. The molecule has 0 aliphatic carbocycles. The van der Waals surface area contributed by atoms with Crippen LogP contribution >= 0.6 is 0 Å². The molecule has 3 aromatic rings. The number of benzene rings is 2. The highest BCUT2D eigenvalue weighted by molar-refractivity contribution is 5.81. The van der Waals surface area contributed by atoms with E-state index < -0.39 is 0 Å². The van der Waals surface area contributed by atoms with Crippen LogP contribution in [0.4, 0.5) is 0 Å². The first kappa shape index (κ1) is 15.1. The normalized spacial score (nSPS) is 10.7. The van der Waals surface area contributed by atoms with E-state index in [0.29, 0.717) is 13.2 Å². The Balaban J connectivity index is 1.52. The molecule has 0 radical (unpaired) electrons. The maximum absolute atomic E-state index is 12.1. The molecule has 1 aromatic heterocycles. The molecular weight excluding hydrogens is 290 g/mol. The second-order valence-corrected chi connectivity index (χ2v) is 5.25. The molecule has 0 fully saturated rings. The summed E-state index contributed by atoms with van der Waals surface area (Å²) in [7, 11) is 0. The number of aromatic nitrogens is 2. The fraction of sp³-hybridized carbons (Fsp3) is 0.222. The van der Waals surface area contributed by atoms with Gasteiger partial charge in [0.2, 0.25) is 5.91 Å². The molecule has 118 valence electrons. The molecule has 0 spiro atoms. The minimum atomic E-state index is -0.0482. The first-order chi connectivity index (χ1) is 11.2. The molecule has 5 nitrogen and oxygen atoms in total. The second kappa shape index (κ2) is 6.96. The van der Waals surface area contributed by atoms with Gasteiger partial charge in [0.25, 0.3) is 0 Å². The summed E-state index contributed by atoms with van der Waals surface area (Å²) in [6.45, 7) is 3.09. The molecule has 0 saturated heterocycles. The average molecular weight is 309 g/mol. The van der Waals surface area contributed by atoms with Gasteiger partial charge in [0.15, 0.2) is 0 Å². The van der Waals surface area contributed by atoms with Crippen molar-refractivity contribution in [1.82, 2.24) is 14.9 Å². The molecular formula is C18H19N3O2. The number of ether oxygens (including phenoxy) is 1. The third-order valence-corrected chi connectivity index (χ3v) is 3.58. The van der Waals surface area contributed by atoms with Crippen molar-refractivity contribution in [2.75, 3.05) is 13.2 Å². The van der Waals surface area contributed by atoms with Gasteiger partial charge in [0.05, 0.1) is 17.6 Å². The molecule has 0 saturated carbocycles. The summed E-state index contributed by atoms with van der Waals surface area (Å²) in [6, 6.07) is 17.4. The van der Waals surface area contributed by atoms with Gasteiger partial charge in [-0.1, -0.05) is 30.3 Å². The third kappa shape index (κ3) is 3.69. The zero-order chi connectivity index (χ0) is 16.1. The number of imidazole rings is 1. The van der Waals surface area contributed by atoms with Crippen molar-refractivity contribution in [2.45, 2.75) is 13.5 Å². The zero-order valence-electron chi connectivity index (χ0n) is 13.0. The Labute approximate surface area is 134 Å². The van der Waals surface area contributed by atoms with Crippen LogP contribution in [0.5, 0.6) is 5.75 Å². The lowest BCUT2D eigenvalue weighted by Crippen LogP contribution is -2.31. The topological polar surface area (TPSA) is 56.2 Å². The molecule has 0 unspecified atom stereocenters. The number of amides is 1. The largest absolute Gasteiger partial charge is 0.492 e. The second-order valence-electron chi connectivity index (χ2n) is 5.25. The Morgan fingerprint density at radius 3 is 2.70 bits per heavy atom. The molecule has 0 atom stereocenters. The van der Waals surface area contributed by atoms with Crippen molar-refractivity contribution >= 4 is 16.9 Å². The predicted molar refractivity (Wildman–Crippen MR) is 89.4 cm³/mol. The average Bonchev–Trinajstić information content (AvgIpc) is 2.88. The van der Waals surface area contributed by atoms with Crippen LogP contribution in [0.1, 0.15) is 5.82 Å². The van der Waals surface area contributed by atoms with Gasteiger partial charge in [-0.15, -0.1) is 0 Å². The van der Waals surface area contributed by atoms with E-state index in [4.69, 9.17) is 4.74 Å². The number of hydrogen-bond donors (Lipinski definition) is 1. The van der Waals surface area contributed by atoms with Gasteiger partial charge in [-0.2, -0.15) is 0 Å². The Hall–Kier alpha value is -2.82. The highest BCUT2D eigenvalue weighted by Gasteiger charge is 2.10. The van der Waals surface area contributed by atoms with E-state index in [1.165, 1.54) is 0 Å². The van der Waals surface area contributed by atoms with Crippen LogP contribution < -0.4 is 10.1 Å². The summed E-state index contributed by atoms with van der Waals surface area (Å²) in [4.78, 5) is 16.6. The van der Waals surface area contributed by atoms with Gasteiger partial charge in [-0.05, 0) is 31.2 Å². The van der Waals surface area contributed by atoms with Gasteiger partial charge < -0.3 is 14.6 Å². The van der Waals surface area contributed by atoms with Crippen molar-refractivity contribution in [1.29, 1.82) is 0 Å². The number of carbonyl (C=O) groups is 1. The van der Waals surface area contributed by atoms with Gasteiger partial charge in [0, 0.05) is 0 Å². The fourth-order valence-corrected chi connectivity index (χ4v) is 2.47. The first-order valence-corrected chi connectivity index (χ1v) is 7.60. The summed E-state index contributed by atoms with van der Waals surface area (Å²) in [6.07, 6.45) is 0. The van der Waals surface area contributed by atoms with Gasteiger partial charge in [-0.25, -0.2) is 4.98 Å². The Morgan fingerprint density at radius 1 is 1.13 bits per heavy atom. The van der Waals surface area contributed by atoms with Crippen molar-refractivity contribution in [3.8, 4) is 5.75 Å². The smallest absolute Gasteiger partial charge is 0.240 e. The summed E-state index contributed by atoms with van der Waals surface area (Å²) in [5, 5.41) is 2.87. The fourth-order valence-electron chi connectivity index (χ4n) is 2.47. The van der Waals surface area contributed by atoms with Crippen LogP contribution in [-0.4, -0.2) is 28.6 Å². The van der Waals surface area contributed by atoms with E-state index in [1.807, 2.05) is 66.1 Å². The van der Waals surface area contributed by atoms with Crippen molar-refractivity contribution in [3.63, 3.8) is 0 Å². The number of para-hydroxylation sites is 3. The minimum absolute atomic E-state index is 0.0482. The summed E-state index contributed by atoms with van der Waals surface area (Å²) in [5.41, 5.74) is 1.88. The van der Waals surface area contributed by atoms with Gasteiger partial charge in [0.1, 0.15) is 24.7 Å². The van der Waals surface area contributed by atoms with E-state index in [2.05, 4.69) is 10.3 Å². The predicted octanol–water partition coefficient (Wildman–Crippen LogP) is 2.54. The maximum atomic E-state index is 12.1. The minimum Gasteiger partial charge on any atom is -0.492 e. The lowest BCUT2D eigenvalue weighted by Gasteiger charge is -2.09. The zero-order valence-corrected chi connectivity index (χ0v) is 13.0. The molecule has 0 aliphatic heterocycles. The van der Waals surface area contributed by atoms with Crippen LogP contribution in [0.3, 0.4) is 0 Å². The van der Waals surface area contributed by atoms with Crippen molar-refractivity contribution in [2.24, 2.45) is 0 Å². The number of fused-ring (bicyclic) bond motifs is 1. The van der Waals surface area contributed by atoms with Crippen LogP contribution in [0.25, 0.3) is 11.0 Å². The summed E-state index contributed by atoms with van der Waals surface area (Å²) in [5.74, 6) is 1.59. The molecule has 23 heavy (non-hydrogen) atoms. The van der Waals surface area contributed by atoms with E-state index in [9.17, 15) is 4.79 Å². The van der Waals surface area contributed by atoms with Crippen molar-refractivity contribution < 1.29 is 9.53 Å². The SMILES string of the molecule is Cc1nc2ccccc2n1CC(=O)NCCOc1ccccc1. The van der Waals surface area contributed by atoms with E-state index in [-0.39, 0.29) is 12.5 Å². The molecule has 1 N–H and O–H groups in total. The molecule has 0 aliphatic rings. The number of rotatable bonds is 6. The quantitative estimate of drug-likeness (QED) is 0.712. The van der Waals surface area contributed by atoms with Gasteiger partial charge >= 0.3 is 0 Å². The number of hydrogen-bond acceptors (Lipinski definition) is 3. The molecule has 2 aromatic carbocycles. The summed E-state index contributed by atoms with van der Waals surface area (Å²) < 4.78 is 7.47. The van der Waals surface area contributed by atoms with Crippen LogP contribution in [0.15, 0.2) is 54.6 Å². The monoisotopic (exact) mass is 309 g/mol. The van der Waals surface area contributed by atoms with E-state index in [0.717, 1.165) is 22.6 Å². The molecule has 1 amide bonds. The number of carbonyl (C=O) groups excluding carboxylic acids is 1. The first-order valence-electron chi connectivity index (χ1n) is 7.60. The Morgan fingerprint density at radius 2 is 1.87 bits per heavy atom. The molecule has 5 heteroatoms. The number of aryl methyl sites for hydroxylation is 1. The van der Waals surface area contributed by atoms with E-state index >= 15 is 0 Å². The molecule has 1 heterocycles. The van der Waals surface area contributed by atoms with Crippen molar-refractivity contribution in [3.05, 3.63) is 60.4 Å². The van der Waals surface area contributed by atoms with Crippen LogP contribution in [0, 0.1) is 6.92 Å². The number of nitrogens with zero attached hydrogens (tertiary/aromatic N) is 2. The summed E-state index contributed by atoms with van der Waals surface area (Å²) >= 11 is 0. The Kier molecular flexibility index (Phi) is 4.57. The molecule has 0 bridgehead atoms. The maximum Gasteiger partial charge on any atom is 0.240 e. The standard InChI is InChI=1S/C18H19N3O2/c1-14-20-16-9-5-6-10-17(16)21(14)13-18(22)19-11-12-23-15-7-3-2-4-8-15/h2-10H,11-13H2,1H3,(H,19,22). The van der Waals surface area contributed by atoms with Crippen LogP contribution in [0.2, 0.25) is 0 Å². The lowest BCUT2D eigenvalue weighted by molar-refractivity contribution is -0.121. The van der Waals surface area contributed by atoms with E-state index in [1.54, 1.807) is 0 Å². The van der Waals surface area contributed by atoms with Gasteiger partial charge in [-0.3, -0.25) is 4.79 Å². The highest BCUT2D eigenvalue weighted by Crippen LogP contribution is 2.15. The van der Waals surface area contributed by atoms with Crippen LogP contribution in [-0.2, 0) is 11.3 Å². The lowest BCUT2D eigenvalue weighted by atomic mass is 10.3.